The van der Waals surface area contributed by atoms with Crippen molar-refractivity contribution in [3.8, 4) is 0 Å². The molecule has 0 atom stereocenters. The van der Waals surface area contributed by atoms with E-state index < -0.39 is 0 Å². The molecule has 1 saturated carbocycles. The van der Waals surface area contributed by atoms with Gasteiger partial charge in [0.15, 0.2) is 0 Å². The van der Waals surface area contributed by atoms with Gasteiger partial charge in [0.05, 0.1) is 4.88 Å². The van der Waals surface area contributed by atoms with E-state index >= 15 is 0 Å². The number of benzene rings is 1. The van der Waals surface area contributed by atoms with Crippen LogP contribution < -0.4 is 10.2 Å². The van der Waals surface area contributed by atoms with Gasteiger partial charge in [0.2, 0.25) is 5.91 Å². The lowest BCUT2D eigenvalue weighted by Crippen LogP contribution is -2.28. The minimum Gasteiger partial charge on any atom is -0.326 e. The quantitative estimate of drug-likeness (QED) is 0.945. The van der Waals surface area contributed by atoms with E-state index in [1.54, 1.807) is 0 Å². The summed E-state index contributed by atoms with van der Waals surface area (Å²) in [6, 6.07) is 9.58. The fraction of sp³-hybridized carbons (Fsp3) is 0.294. The SMILES string of the molecule is O=C(Nc1ccc2c(c1)CCN2C(=O)c1cccs1)C1CC1. The zero-order valence-corrected chi connectivity index (χ0v) is 12.9. The molecule has 2 aromatic rings. The highest BCUT2D eigenvalue weighted by Gasteiger charge is 2.30. The van der Waals surface area contributed by atoms with Crippen LogP contribution in [0, 0.1) is 5.92 Å². The predicted molar refractivity (Wildman–Crippen MR) is 87.5 cm³/mol. The van der Waals surface area contributed by atoms with Gasteiger partial charge < -0.3 is 10.2 Å². The summed E-state index contributed by atoms with van der Waals surface area (Å²) in [4.78, 5) is 26.9. The molecule has 0 radical (unpaired) electrons. The fourth-order valence-corrected chi connectivity index (χ4v) is 3.49. The van der Waals surface area contributed by atoms with Crippen molar-refractivity contribution in [1.29, 1.82) is 0 Å². The summed E-state index contributed by atoms with van der Waals surface area (Å²) in [5.74, 6) is 0.373. The number of rotatable bonds is 3. The van der Waals surface area contributed by atoms with Crippen molar-refractivity contribution in [2.24, 2.45) is 5.92 Å². The summed E-state index contributed by atoms with van der Waals surface area (Å²) >= 11 is 1.47. The predicted octanol–water partition coefficient (Wildman–Crippen LogP) is 3.30. The Balaban J connectivity index is 1.55. The van der Waals surface area contributed by atoms with Crippen molar-refractivity contribution in [2.45, 2.75) is 19.3 Å². The van der Waals surface area contributed by atoms with Gasteiger partial charge in [0.25, 0.3) is 5.91 Å². The zero-order chi connectivity index (χ0) is 15.1. The number of hydrogen-bond donors (Lipinski definition) is 1. The maximum absolute atomic E-state index is 12.5. The lowest BCUT2D eigenvalue weighted by atomic mass is 10.1. The summed E-state index contributed by atoms with van der Waals surface area (Å²) in [5.41, 5.74) is 2.92. The highest BCUT2D eigenvalue weighted by molar-refractivity contribution is 7.12. The van der Waals surface area contributed by atoms with Gasteiger partial charge in [-0.3, -0.25) is 9.59 Å². The first kappa shape index (κ1) is 13.5. The standard InChI is InChI=1S/C17H16N2O2S/c20-16(11-3-4-11)18-13-5-6-14-12(10-13)7-8-19(14)17(21)15-2-1-9-22-15/h1-2,5-6,9-11H,3-4,7-8H2,(H,18,20). The third-order valence-electron chi connectivity index (χ3n) is 4.17. The Labute approximate surface area is 132 Å². The van der Waals surface area contributed by atoms with Crippen molar-refractivity contribution < 1.29 is 9.59 Å². The van der Waals surface area contributed by atoms with Crippen molar-refractivity contribution in [3.63, 3.8) is 0 Å². The molecule has 1 fully saturated rings. The molecule has 1 aliphatic heterocycles. The number of thiophene rings is 1. The molecule has 5 heteroatoms. The summed E-state index contributed by atoms with van der Waals surface area (Å²) in [6.07, 6.45) is 2.83. The maximum Gasteiger partial charge on any atom is 0.268 e. The monoisotopic (exact) mass is 312 g/mol. The van der Waals surface area contributed by atoms with Crippen LogP contribution in [0.3, 0.4) is 0 Å². The van der Waals surface area contributed by atoms with E-state index in [2.05, 4.69) is 5.32 Å². The average Bonchev–Trinajstić information content (AvgIpc) is 3.08. The van der Waals surface area contributed by atoms with Crippen LogP contribution in [0.15, 0.2) is 35.7 Å². The summed E-state index contributed by atoms with van der Waals surface area (Å²) in [7, 11) is 0. The molecule has 0 saturated heterocycles. The van der Waals surface area contributed by atoms with E-state index in [0.29, 0.717) is 6.54 Å². The van der Waals surface area contributed by atoms with Crippen LogP contribution >= 0.6 is 11.3 Å². The van der Waals surface area contributed by atoms with E-state index in [4.69, 9.17) is 0 Å². The molecule has 0 spiro atoms. The molecule has 4 rings (SSSR count). The number of nitrogens with zero attached hydrogens (tertiary/aromatic N) is 1. The minimum absolute atomic E-state index is 0.0588. The Kier molecular flexibility index (Phi) is 3.22. The molecule has 4 nitrogen and oxygen atoms in total. The third kappa shape index (κ3) is 2.41. The molecule has 1 N–H and O–H groups in total. The number of carbonyl (C=O) groups excluding carboxylic acids is 2. The molecule has 2 aliphatic rings. The van der Waals surface area contributed by atoms with Gasteiger partial charge in [-0.15, -0.1) is 11.3 Å². The Morgan fingerprint density at radius 3 is 2.82 bits per heavy atom. The second-order valence-electron chi connectivity index (χ2n) is 5.79. The van der Waals surface area contributed by atoms with Gasteiger partial charge in [-0.1, -0.05) is 6.07 Å². The molecule has 1 aliphatic carbocycles. The van der Waals surface area contributed by atoms with Crippen LogP contribution in [0.2, 0.25) is 0 Å². The van der Waals surface area contributed by atoms with E-state index in [1.165, 1.54) is 11.3 Å². The molecule has 112 valence electrons. The number of nitrogens with one attached hydrogen (secondary N) is 1. The second-order valence-corrected chi connectivity index (χ2v) is 6.74. The highest BCUT2D eigenvalue weighted by Crippen LogP contribution is 2.34. The zero-order valence-electron chi connectivity index (χ0n) is 12.0. The molecule has 1 aromatic carbocycles. The first-order valence-corrected chi connectivity index (χ1v) is 8.39. The molecule has 0 bridgehead atoms. The average molecular weight is 312 g/mol. The summed E-state index contributed by atoms with van der Waals surface area (Å²) < 4.78 is 0. The van der Waals surface area contributed by atoms with Gasteiger partial charge in [-0.2, -0.15) is 0 Å². The molecular formula is C17H16N2O2S. The number of hydrogen-bond acceptors (Lipinski definition) is 3. The molecule has 0 unspecified atom stereocenters. The van der Waals surface area contributed by atoms with Crippen LogP contribution in [0.4, 0.5) is 11.4 Å². The normalized spacial score (nSPS) is 16.5. The van der Waals surface area contributed by atoms with E-state index in [9.17, 15) is 9.59 Å². The number of anilines is 2. The largest absolute Gasteiger partial charge is 0.326 e. The fourth-order valence-electron chi connectivity index (χ4n) is 2.81. The van der Waals surface area contributed by atoms with Gasteiger partial charge in [0.1, 0.15) is 0 Å². The van der Waals surface area contributed by atoms with Gasteiger partial charge in [-0.25, -0.2) is 0 Å². The van der Waals surface area contributed by atoms with Crippen LogP contribution in [0.5, 0.6) is 0 Å². The summed E-state index contributed by atoms with van der Waals surface area (Å²) in [6.45, 7) is 0.700. The van der Waals surface area contributed by atoms with Crippen molar-refractivity contribution in [3.05, 3.63) is 46.2 Å². The van der Waals surface area contributed by atoms with Crippen LogP contribution in [0.25, 0.3) is 0 Å². The molecule has 2 amide bonds. The Morgan fingerprint density at radius 1 is 1.23 bits per heavy atom. The number of carbonyl (C=O) groups is 2. The number of amides is 2. The second kappa shape index (κ2) is 5.25. The van der Waals surface area contributed by atoms with E-state index in [-0.39, 0.29) is 17.7 Å². The van der Waals surface area contributed by atoms with Crippen LogP contribution in [-0.4, -0.2) is 18.4 Å². The smallest absolute Gasteiger partial charge is 0.268 e. The molecule has 22 heavy (non-hydrogen) atoms. The Hall–Kier alpha value is -2.14. The lowest BCUT2D eigenvalue weighted by molar-refractivity contribution is -0.117. The Bertz CT molecular complexity index is 735. The van der Waals surface area contributed by atoms with Crippen molar-refractivity contribution in [1.82, 2.24) is 0 Å². The van der Waals surface area contributed by atoms with E-state index in [0.717, 1.165) is 41.1 Å². The van der Waals surface area contributed by atoms with Crippen molar-refractivity contribution in [2.75, 3.05) is 16.8 Å². The highest BCUT2D eigenvalue weighted by atomic mass is 32.1. The van der Waals surface area contributed by atoms with Gasteiger partial charge in [0, 0.05) is 23.8 Å². The lowest BCUT2D eigenvalue weighted by Gasteiger charge is -2.16. The van der Waals surface area contributed by atoms with Gasteiger partial charge >= 0.3 is 0 Å². The topological polar surface area (TPSA) is 49.4 Å². The van der Waals surface area contributed by atoms with Crippen LogP contribution in [-0.2, 0) is 11.2 Å². The number of fused-ring (bicyclic) bond motifs is 1. The first-order chi connectivity index (χ1) is 10.7. The van der Waals surface area contributed by atoms with Crippen molar-refractivity contribution >= 4 is 34.5 Å². The minimum atomic E-state index is 0.0588. The van der Waals surface area contributed by atoms with E-state index in [1.807, 2.05) is 40.6 Å². The molecule has 2 heterocycles. The van der Waals surface area contributed by atoms with Crippen LogP contribution in [0.1, 0.15) is 28.1 Å². The van der Waals surface area contributed by atoms with Gasteiger partial charge in [-0.05, 0) is 54.5 Å². The molecular weight excluding hydrogens is 296 g/mol. The third-order valence-corrected chi connectivity index (χ3v) is 5.03. The first-order valence-electron chi connectivity index (χ1n) is 7.51. The Morgan fingerprint density at radius 2 is 2.09 bits per heavy atom. The summed E-state index contributed by atoms with van der Waals surface area (Å²) in [5, 5.41) is 4.88. The molecule has 1 aromatic heterocycles. The maximum atomic E-state index is 12.5.